The van der Waals surface area contributed by atoms with Crippen molar-refractivity contribution in [3.63, 3.8) is 0 Å². The number of hydrogen-bond donors (Lipinski definition) is 0. The first-order valence-electron chi connectivity index (χ1n) is 9.88. The van der Waals surface area contributed by atoms with E-state index in [0.29, 0.717) is 11.5 Å². The van der Waals surface area contributed by atoms with E-state index in [-0.39, 0.29) is 6.29 Å². The Morgan fingerprint density at radius 1 is 1.09 bits per heavy atom. The first-order chi connectivity index (χ1) is 10.6. The molecular weight excluding hydrogens is 272 g/mol. The van der Waals surface area contributed by atoms with Crippen molar-refractivity contribution in [2.75, 3.05) is 6.61 Å². The lowest BCUT2D eigenvalue weighted by molar-refractivity contribution is 0.0153. The number of epoxide rings is 1. The van der Waals surface area contributed by atoms with Gasteiger partial charge in [-0.05, 0) is 47.8 Å². The van der Waals surface area contributed by atoms with Crippen LogP contribution in [0.5, 0.6) is 0 Å². The van der Waals surface area contributed by atoms with Crippen molar-refractivity contribution >= 4 is 0 Å². The summed E-state index contributed by atoms with van der Waals surface area (Å²) in [7, 11) is 0. The van der Waals surface area contributed by atoms with Gasteiger partial charge in [0.05, 0.1) is 6.61 Å². The molecule has 0 N–H and O–H groups in total. The first kappa shape index (κ1) is 15.4. The van der Waals surface area contributed by atoms with Crippen molar-refractivity contribution in [3.05, 3.63) is 0 Å². The number of hydrogen-bond acceptors (Lipinski definition) is 2. The van der Waals surface area contributed by atoms with Crippen LogP contribution in [0.1, 0.15) is 72.1 Å². The molecule has 1 aliphatic heterocycles. The monoisotopic (exact) mass is 306 g/mol. The maximum Gasteiger partial charge on any atom is 0.184 e. The van der Waals surface area contributed by atoms with Gasteiger partial charge in [0.15, 0.2) is 6.29 Å². The second-order valence-corrected chi connectivity index (χ2v) is 9.05. The van der Waals surface area contributed by atoms with E-state index >= 15 is 0 Å². The van der Waals surface area contributed by atoms with E-state index < -0.39 is 0 Å². The standard InChI is InChI=1S/C20H34O2/c1-13(15-8-5-4-6-9-15)17-14(2)20(17,3)12-21-19-18(22-19)16-10-7-11-16/h13-19H,4-12H2,1-3H3/t13-,14+,17-,18?,19?,20-/m1/s1. The van der Waals surface area contributed by atoms with E-state index in [4.69, 9.17) is 9.47 Å². The van der Waals surface area contributed by atoms with Gasteiger partial charge in [-0.3, -0.25) is 0 Å². The lowest BCUT2D eigenvalue weighted by Gasteiger charge is -2.29. The van der Waals surface area contributed by atoms with Gasteiger partial charge in [0, 0.05) is 0 Å². The van der Waals surface area contributed by atoms with Gasteiger partial charge in [-0.15, -0.1) is 0 Å². The van der Waals surface area contributed by atoms with Gasteiger partial charge in [-0.1, -0.05) is 59.3 Å². The zero-order valence-corrected chi connectivity index (χ0v) is 14.7. The average molecular weight is 306 g/mol. The molecular formula is C20H34O2. The van der Waals surface area contributed by atoms with Crippen LogP contribution in [0.2, 0.25) is 0 Å². The lowest BCUT2D eigenvalue weighted by atomic mass is 9.77. The van der Waals surface area contributed by atoms with Gasteiger partial charge in [0.1, 0.15) is 6.10 Å². The minimum Gasteiger partial charge on any atom is -0.349 e. The molecule has 126 valence electrons. The molecule has 4 aliphatic rings. The summed E-state index contributed by atoms with van der Waals surface area (Å²) >= 11 is 0. The highest BCUT2D eigenvalue weighted by Crippen LogP contribution is 2.64. The fourth-order valence-electron chi connectivity index (χ4n) is 5.68. The van der Waals surface area contributed by atoms with Crippen molar-refractivity contribution in [1.82, 2.24) is 0 Å². The summed E-state index contributed by atoms with van der Waals surface area (Å²) in [5.41, 5.74) is 0.410. The Morgan fingerprint density at radius 2 is 1.82 bits per heavy atom. The quantitative estimate of drug-likeness (QED) is 0.643. The summed E-state index contributed by atoms with van der Waals surface area (Å²) in [5, 5.41) is 0. The van der Waals surface area contributed by atoms with E-state index in [9.17, 15) is 0 Å². The molecule has 22 heavy (non-hydrogen) atoms. The summed E-state index contributed by atoms with van der Waals surface area (Å²) in [6.07, 6.45) is 12.0. The van der Waals surface area contributed by atoms with Gasteiger partial charge in [0.25, 0.3) is 0 Å². The fraction of sp³-hybridized carbons (Fsp3) is 1.00. The molecule has 0 aromatic carbocycles. The molecule has 2 nitrogen and oxygen atoms in total. The molecule has 0 spiro atoms. The molecule has 0 amide bonds. The van der Waals surface area contributed by atoms with Crippen LogP contribution in [0.3, 0.4) is 0 Å². The fourth-order valence-corrected chi connectivity index (χ4v) is 5.68. The predicted octanol–water partition coefficient (Wildman–Crippen LogP) is 5.02. The van der Waals surface area contributed by atoms with Crippen molar-refractivity contribution in [1.29, 1.82) is 0 Å². The smallest absolute Gasteiger partial charge is 0.184 e. The maximum atomic E-state index is 6.17. The molecule has 0 aromatic heterocycles. The lowest BCUT2D eigenvalue weighted by Crippen LogP contribution is -2.23. The zero-order chi connectivity index (χ0) is 15.3. The second kappa shape index (κ2) is 5.77. The van der Waals surface area contributed by atoms with Crippen LogP contribution in [0, 0.1) is 35.0 Å². The van der Waals surface area contributed by atoms with Crippen LogP contribution in [-0.4, -0.2) is 19.0 Å². The van der Waals surface area contributed by atoms with Crippen molar-refractivity contribution in [2.24, 2.45) is 35.0 Å². The van der Waals surface area contributed by atoms with Gasteiger partial charge in [-0.25, -0.2) is 0 Å². The van der Waals surface area contributed by atoms with Crippen LogP contribution < -0.4 is 0 Å². The van der Waals surface area contributed by atoms with E-state index in [1.54, 1.807) is 0 Å². The highest BCUT2D eigenvalue weighted by Gasteiger charge is 2.62. The molecule has 3 saturated carbocycles. The van der Waals surface area contributed by atoms with E-state index in [1.165, 1.54) is 51.4 Å². The normalized spacial score (nSPS) is 47.0. The Morgan fingerprint density at radius 3 is 2.45 bits per heavy atom. The van der Waals surface area contributed by atoms with E-state index in [0.717, 1.165) is 36.2 Å². The molecule has 3 aliphatic carbocycles. The number of ether oxygens (including phenoxy) is 2. The molecule has 1 saturated heterocycles. The van der Waals surface area contributed by atoms with Crippen molar-refractivity contribution < 1.29 is 9.47 Å². The molecule has 6 atom stereocenters. The van der Waals surface area contributed by atoms with E-state index in [1.807, 2.05) is 0 Å². The van der Waals surface area contributed by atoms with Crippen molar-refractivity contribution in [2.45, 2.75) is 84.5 Å². The minimum atomic E-state index is 0.139. The maximum absolute atomic E-state index is 6.17. The molecule has 0 radical (unpaired) electrons. The molecule has 0 bridgehead atoms. The highest BCUT2D eigenvalue weighted by molar-refractivity contribution is 5.08. The van der Waals surface area contributed by atoms with Crippen molar-refractivity contribution in [3.8, 4) is 0 Å². The summed E-state index contributed by atoms with van der Waals surface area (Å²) in [4.78, 5) is 0. The predicted molar refractivity (Wildman–Crippen MR) is 88.5 cm³/mol. The SMILES string of the molecule is C[C@H](C1CCCCC1)[C@@H]1[C@H](C)[C@@]1(C)COC1OC1C1CCC1. The summed E-state index contributed by atoms with van der Waals surface area (Å²) < 4.78 is 11.9. The Hall–Kier alpha value is -0.0800. The van der Waals surface area contributed by atoms with Crippen LogP contribution in [0.25, 0.3) is 0 Å². The number of rotatable bonds is 6. The molecule has 2 unspecified atom stereocenters. The average Bonchev–Trinajstić information content (AvgIpc) is 3.34. The molecule has 4 fully saturated rings. The Balaban J connectivity index is 1.26. The zero-order valence-electron chi connectivity index (χ0n) is 14.7. The first-order valence-corrected chi connectivity index (χ1v) is 9.88. The topological polar surface area (TPSA) is 21.8 Å². The van der Waals surface area contributed by atoms with Crippen LogP contribution in [0.15, 0.2) is 0 Å². The third-order valence-corrected chi connectivity index (χ3v) is 7.85. The van der Waals surface area contributed by atoms with Crippen LogP contribution in [0.4, 0.5) is 0 Å². The summed E-state index contributed by atoms with van der Waals surface area (Å²) in [5.74, 6) is 4.36. The Kier molecular flexibility index (Phi) is 4.05. The van der Waals surface area contributed by atoms with Crippen LogP contribution >= 0.6 is 0 Å². The third-order valence-electron chi connectivity index (χ3n) is 7.85. The summed E-state index contributed by atoms with van der Waals surface area (Å²) in [6, 6.07) is 0. The minimum absolute atomic E-state index is 0.139. The molecule has 1 heterocycles. The summed E-state index contributed by atoms with van der Waals surface area (Å²) in [6.45, 7) is 8.35. The highest BCUT2D eigenvalue weighted by atomic mass is 16.8. The van der Waals surface area contributed by atoms with E-state index in [2.05, 4.69) is 20.8 Å². The Bertz CT molecular complexity index is 399. The third kappa shape index (κ3) is 2.65. The van der Waals surface area contributed by atoms with Gasteiger partial charge >= 0.3 is 0 Å². The van der Waals surface area contributed by atoms with Gasteiger partial charge in [0.2, 0.25) is 0 Å². The Labute approximate surface area is 136 Å². The largest absolute Gasteiger partial charge is 0.349 e. The second-order valence-electron chi connectivity index (χ2n) is 9.05. The molecule has 0 aromatic rings. The van der Waals surface area contributed by atoms with Gasteiger partial charge in [-0.2, -0.15) is 0 Å². The molecule has 4 rings (SSSR count). The van der Waals surface area contributed by atoms with Gasteiger partial charge < -0.3 is 9.47 Å². The molecule has 2 heteroatoms. The van der Waals surface area contributed by atoms with Crippen LogP contribution in [-0.2, 0) is 9.47 Å².